The van der Waals surface area contributed by atoms with Crippen molar-refractivity contribution in [3.63, 3.8) is 0 Å². The van der Waals surface area contributed by atoms with Crippen molar-refractivity contribution >= 4 is 35.4 Å². The fourth-order valence-electron chi connectivity index (χ4n) is 10.0. The van der Waals surface area contributed by atoms with Crippen LogP contribution in [0.1, 0.15) is 121 Å². The molecule has 2 aromatic carbocycles. The third-order valence-electron chi connectivity index (χ3n) is 14.2. The summed E-state index contributed by atoms with van der Waals surface area (Å²) in [5, 5.41) is 24.5. The van der Waals surface area contributed by atoms with Gasteiger partial charge in [0.15, 0.2) is 0 Å². The number of hydrogen-bond donors (Lipinski definition) is 7. The average molecular weight is 993 g/mol. The molecule has 0 bridgehead atoms. The van der Waals surface area contributed by atoms with Gasteiger partial charge in [0.2, 0.25) is 35.4 Å². The quantitative estimate of drug-likeness (QED) is 0.121. The monoisotopic (exact) mass is 993 g/mol. The van der Waals surface area contributed by atoms with E-state index in [4.69, 9.17) is 15.2 Å². The lowest BCUT2D eigenvalue weighted by Crippen LogP contribution is -2.60. The standard InChI is InChI=1S/C55H76N8O9/c1-34(57-8)48(65)60-46(54(2,3)4)52(69)62-31-37(29-44(62)50(67)58-42-25-17-21-35-19-11-13-23-39(35)42)71-27-15-9-10-16-28-72-38-30-45(51(68)59-43-26-18-22-36-20-12-14-24-40(36)43)63(32-38)53(70)47(55(5,6)7)61-49(66)41(56)33-64/h11-14,19-20,23-24,34,37-38,41-47,57,64H,17-18,21-22,25-33,56H2,1-8H3,(H,58,67)(H,59,68)(H,60,65)(H,61,66)/t34-,37-,38-,41-,42+,43?,44-,45-,46+,47+/m0/s1. The van der Waals surface area contributed by atoms with Crippen LogP contribution in [0.3, 0.4) is 0 Å². The van der Waals surface area contributed by atoms with Crippen LogP contribution in [-0.2, 0) is 51.1 Å². The van der Waals surface area contributed by atoms with Crippen molar-refractivity contribution < 1.29 is 43.3 Å². The molecular weight excluding hydrogens is 917 g/mol. The predicted molar refractivity (Wildman–Crippen MR) is 272 cm³/mol. The maximum Gasteiger partial charge on any atom is 0.246 e. The van der Waals surface area contributed by atoms with Gasteiger partial charge in [-0.3, -0.25) is 28.8 Å². The number of rotatable bonds is 16. The average Bonchev–Trinajstić information content (AvgIpc) is 3.99. The van der Waals surface area contributed by atoms with E-state index in [9.17, 15) is 33.9 Å². The molecule has 1 unspecified atom stereocenters. The Hall–Kier alpha value is -5.82. The molecule has 2 aliphatic carbocycles. The summed E-state index contributed by atoms with van der Waals surface area (Å²) in [7, 11) is 1.67. The molecule has 17 heteroatoms. The summed E-state index contributed by atoms with van der Waals surface area (Å²) >= 11 is 0. The maximum atomic E-state index is 14.5. The Balaban J connectivity index is 1.10. The van der Waals surface area contributed by atoms with Gasteiger partial charge in [-0.25, -0.2) is 0 Å². The number of aliphatic hydroxyl groups excluding tert-OH is 1. The predicted octanol–water partition coefficient (Wildman–Crippen LogP) is 2.34. The molecule has 0 radical (unpaired) electrons. The van der Waals surface area contributed by atoms with Gasteiger partial charge in [0.05, 0.1) is 36.9 Å². The van der Waals surface area contributed by atoms with Gasteiger partial charge in [-0.15, -0.1) is 0 Å². The number of nitrogens with one attached hydrogen (secondary N) is 5. The van der Waals surface area contributed by atoms with Gasteiger partial charge in [-0.1, -0.05) is 102 Å². The Morgan fingerprint density at radius 1 is 0.694 bits per heavy atom. The number of carbonyl (C=O) groups is 6. The number of benzene rings is 2. The first kappa shape index (κ1) is 55.5. The molecule has 6 rings (SSSR count). The highest BCUT2D eigenvalue weighted by Gasteiger charge is 2.48. The van der Waals surface area contributed by atoms with Crippen LogP contribution in [0.15, 0.2) is 48.5 Å². The summed E-state index contributed by atoms with van der Waals surface area (Å²) in [4.78, 5) is 86.1. The molecule has 10 atom stereocenters. The number of aryl methyl sites for hydroxylation is 2. The van der Waals surface area contributed by atoms with E-state index in [0.717, 1.165) is 49.7 Å². The largest absolute Gasteiger partial charge is 0.394 e. The minimum absolute atomic E-state index is 0.0255. The number of amides is 6. The summed E-state index contributed by atoms with van der Waals surface area (Å²) in [6.07, 6.45) is 4.57. The molecule has 0 spiro atoms. The van der Waals surface area contributed by atoms with Gasteiger partial charge < -0.3 is 56.7 Å². The Kier molecular flexibility index (Phi) is 19.1. The van der Waals surface area contributed by atoms with Gasteiger partial charge in [0.25, 0.3) is 0 Å². The van der Waals surface area contributed by atoms with E-state index in [1.54, 1.807) is 34.7 Å². The van der Waals surface area contributed by atoms with Crippen LogP contribution < -0.4 is 32.3 Å². The fourth-order valence-corrected chi connectivity index (χ4v) is 10.0. The van der Waals surface area contributed by atoms with E-state index in [0.29, 0.717) is 0 Å². The highest BCUT2D eigenvalue weighted by atomic mass is 16.5. The lowest BCUT2D eigenvalue weighted by molar-refractivity contribution is -0.144. The lowest BCUT2D eigenvalue weighted by atomic mass is 9.85. The van der Waals surface area contributed by atoms with Crippen LogP contribution in [0.2, 0.25) is 0 Å². The van der Waals surface area contributed by atoms with Crippen LogP contribution >= 0.6 is 0 Å². The van der Waals surface area contributed by atoms with Crippen LogP contribution in [0.5, 0.6) is 0 Å². The van der Waals surface area contributed by atoms with Crippen LogP contribution in [-0.4, -0.2) is 139 Å². The van der Waals surface area contributed by atoms with Crippen molar-refractivity contribution in [3.05, 3.63) is 70.8 Å². The second-order valence-corrected chi connectivity index (χ2v) is 21.7. The molecular formula is C55H76N8O9. The Labute approximate surface area is 425 Å². The number of nitrogens with zero attached hydrogens (tertiary/aromatic N) is 2. The number of fused-ring (bicyclic) bond motifs is 2. The zero-order chi connectivity index (χ0) is 52.3. The van der Waals surface area contributed by atoms with Gasteiger partial charge in [0.1, 0.15) is 43.4 Å². The molecule has 4 aliphatic rings. The Morgan fingerprint density at radius 2 is 1.11 bits per heavy atom. The van der Waals surface area contributed by atoms with E-state index in [-0.39, 0.29) is 74.9 Å². The topological polar surface area (TPSA) is 234 Å². The van der Waals surface area contributed by atoms with Crippen molar-refractivity contribution in [2.45, 2.75) is 160 Å². The van der Waals surface area contributed by atoms with Crippen LogP contribution in [0.25, 0.3) is 0 Å². The van der Waals surface area contributed by atoms with Crippen LogP contribution in [0, 0.1) is 34.5 Å². The fraction of sp³-hybridized carbons (Fsp3) is 0.600. The third kappa shape index (κ3) is 14.0. The summed E-state index contributed by atoms with van der Waals surface area (Å²) in [6.45, 7) is 12.3. The van der Waals surface area contributed by atoms with Crippen molar-refractivity contribution in [1.82, 2.24) is 36.4 Å². The molecule has 8 N–H and O–H groups in total. The van der Waals surface area contributed by atoms with Gasteiger partial charge in [-0.05, 0) is 97.4 Å². The van der Waals surface area contributed by atoms with Crippen molar-refractivity contribution in [3.8, 4) is 23.7 Å². The summed E-state index contributed by atoms with van der Waals surface area (Å²) in [5.41, 5.74) is 8.87. The molecule has 17 nitrogen and oxygen atoms in total. The van der Waals surface area contributed by atoms with Crippen molar-refractivity contribution in [2.75, 3.05) is 40.0 Å². The minimum Gasteiger partial charge on any atom is -0.394 e. The van der Waals surface area contributed by atoms with Gasteiger partial charge in [-0.2, -0.15) is 0 Å². The van der Waals surface area contributed by atoms with Gasteiger partial charge >= 0.3 is 0 Å². The lowest BCUT2D eigenvalue weighted by Gasteiger charge is -2.36. The molecule has 0 saturated carbocycles. The molecule has 2 saturated heterocycles. The van der Waals surface area contributed by atoms with Crippen LogP contribution in [0.4, 0.5) is 0 Å². The number of carbonyl (C=O) groups excluding carboxylic acids is 6. The van der Waals surface area contributed by atoms with E-state index in [1.807, 2.05) is 57.2 Å². The number of likely N-dealkylation sites (tertiary alicyclic amines) is 2. The van der Waals surface area contributed by atoms with Gasteiger partial charge in [0, 0.05) is 25.9 Å². The molecule has 2 heterocycles. The first-order chi connectivity index (χ1) is 34.2. The highest BCUT2D eigenvalue weighted by Crippen LogP contribution is 2.34. The maximum absolute atomic E-state index is 14.5. The number of ether oxygens (including phenoxy) is 2. The Morgan fingerprint density at radius 3 is 1.51 bits per heavy atom. The summed E-state index contributed by atoms with van der Waals surface area (Å²) in [5.74, 6) is 8.92. The zero-order valence-corrected chi connectivity index (χ0v) is 43.3. The minimum atomic E-state index is -1.23. The number of aliphatic hydroxyl groups is 1. The summed E-state index contributed by atoms with van der Waals surface area (Å²) < 4.78 is 12.3. The zero-order valence-electron chi connectivity index (χ0n) is 43.3. The molecule has 2 aliphatic heterocycles. The summed E-state index contributed by atoms with van der Waals surface area (Å²) in [6, 6.07) is 10.2. The van der Waals surface area contributed by atoms with E-state index < -0.39 is 77.7 Å². The molecule has 390 valence electrons. The molecule has 72 heavy (non-hydrogen) atoms. The van der Waals surface area contributed by atoms with Crippen molar-refractivity contribution in [1.29, 1.82) is 0 Å². The highest BCUT2D eigenvalue weighted by molar-refractivity contribution is 5.95. The first-order valence-corrected chi connectivity index (χ1v) is 25.4. The third-order valence-corrected chi connectivity index (χ3v) is 14.2. The van der Waals surface area contributed by atoms with E-state index in [1.165, 1.54) is 20.9 Å². The van der Waals surface area contributed by atoms with E-state index in [2.05, 4.69) is 62.4 Å². The Bertz CT molecular complexity index is 2240. The van der Waals surface area contributed by atoms with E-state index >= 15 is 0 Å². The molecule has 2 fully saturated rings. The molecule has 0 aromatic heterocycles. The van der Waals surface area contributed by atoms with Crippen molar-refractivity contribution in [2.24, 2.45) is 16.6 Å². The second-order valence-electron chi connectivity index (χ2n) is 21.7. The number of likely N-dealkylation sites (N-methyl/N-ethyl adjacent to an activating group) is 1. The number of nitrogens with two attached hydrogens (primary N) is 1. The first-order valence-electron chi connectivity index (χ1n) is 25.4. The normalized spacial score (nSPS) is 23.3. The number of hydrogen-bond acceptors (Lipinski definition) is 11. The smallest absolute Gasteiger partial charge is 0.246 e. The SMILES string of the molecule is CN[C@@H](C)C(=O)N[C@H](C(=O)N1C[C@@H](OCC#CC#CCO[C@H]2C[C@@H](C(=O)NC3CCCc4ccccc43)N(C(=O)[C@@H](NC(=O)[C@@H](N)CO)C(C)(C)C)C2)C[C@H]1C(=O)N[C@@H]1CCCc2ccccc21)C(C)(C)C. The second kappa shape index (κ2) is 24.7. The molecule has 2 aromatic rings. The molecule has 6 amide bonds.